The van der Waals surface area contributed by atoms with E-state index in [2.05, 4.69) is 146 Å². The average Bonchev–Trinajstić information content (AvgIpc) is 4.11. The summed E-state index contributed by atoms with van der Waals surface area (Å²) in [5.74, 6) is 3.65. The summed E-state index contributed by atoms with van der Waals surface area (Å²) in [7, 11) is 26.0. The van der Waals surface area contributed by atoms with Gasteiger partial charge in [-0.1, -0.05) is 0 Å². The molecule has 71 heavy (non-hydrogen) atoms. The first kappa shape index (κ1) is 44.4. The predicted molar refractivity (Wildman–Crippen MR) is 292 cm³/mol. The fraction of sp³-hybridized carbons (Fsp3) is 0.385. The van der Waals surface area contributed by atoms with Gasteiger partial charge in [0.25, 0.3) is 0 Å². The Morgan fingerprint density at radius 1 is 0.366 bits per heavy atom. The number of benzene rings is 4. The molecule has 19 heteroatoms. The van der Waals surface area contributed by atoms with Crippen molar-refractivity contribution in [2.45, 2.75) is 0 Å². The molecule has 0 saturated carbocycles. The van der Waals surface area contributed by atoms with Gasteiger partial charge in [0, 0.05) is 0 Å². The monoisotopic (exact) mass is 1090 g/mol. The number of halogens is 2. The molecule has 14 rings (SSSR count). The van der Waals surface area contributed by atoms with Crippen molar-refractivity contribution < 1.29 is 0 Å². The molecule has 0 spiro atoms. The van der Waals surface area contributed by atoms with Crippen molar-refractivity contribution in [3.8, 4) is 0 Å². The number of likely N-dealkylation sites (N-methyl/N-ethyl adjacent to an activating group) is 4. The normalized spacial score (nSPS) is 21.4. The number of nitrogens with zero attached hydrogens (tertiary/aromatic N) is 16. The van der Waals surface area contributed by atoms with Crippen molar-refractivity contribution in [2.75, 3.05) is 153 Å². The van der Waals surface area contributed by atoms with Crippen LogP contribution in [0, 0.1) is 0 Å². The van der Waals surface area contributed by atoms with Gasteiger partial charge in [-0.15, -0.1) is 0 Å². The molecule has 6 bridgehead atoms. The summed E-state index contributed by atoms with van der Waals surface area (Å²) in [5.41, 5.74) is 9.44. The van der Waals surface area contributed by atoms with E-state index >= 15 is 0 Å². The van der Waals surface area contributed by atoms with Crippen LogP contribution in [0.15, 0.2) is 103 Å². The molecule has 0 radical (unpaired) electrons. The molecule has 0 N–H and O–H groups in total. The number of hydrogen-bond acceptors (Lipinski definition) is 14. The molecule has 8 aliphatic rings. The van der Waals surface area contributed by atoms with E-state index in [1.807, 2.05) is 0 Å². The third kappa shape index (κ3) is 6.98. The summed E-state index contributed by atoms with van der Waals surface area (Å²) < 4.78 is 4.27. The molecule has 0 aliphatic carbocycles. The summed E-state index contributed by atoms with van der Waals surface area (Å²) >= 11 is -5.37. The molecule has 0 amide bonds. The number of hydrogen-bond donors (Lipinski definition) is 0. The van der Waals surface area contributed by atoms with Gasteiger partial charge in [0.05, 0.1) is 0 Å². The van der Waals surface area contributed by atoms with Gasteiger partial charge in [0.1, 0.15) is 0 Å². The molecular formula is C52H56Cl2N16Sn. The van der Waals surface area contributed by atoms with Crippen LogP contribution < -0.4 is 30.6 Å². The van der Waals surface area contributed by atoms with Crippen LogP contribution in [0.2, 0.25) is 0 Å². The third-order valence-corrected chi connectivity index (χ3v) is 26.1. The number of amidine groups is 4. The summed E-state index contributed by atoms with van der Waals surface area (Å²) in [6.45, 7) is 14.6. The Kier molecular flexibility index (Phi) is 10.5. The zero-order chi connectivity index (χ0) is 47.9. The third-order valence-electron chi connectivity index (χ3n) is 16.1. The minimum atomic E-state index is -5.37. The maximum absolute atomic E-state index is 8.63. The van der Waals surface area contributed by atoms with E-state index in [0.717, 1.165) is 171 Å². The summed E-state index contributed by atoms with van der Waals surface area (Å²) in [6.07, 6.45) is 0. The second-order valence-electron chi connectivity index (χ2n) is 20.4. The number of aromatic nitrogens is 2. The SMILES string of the molecule is CN1CCN(c2cccc3c2C2=NC3=Nc3c4c(N5CCN(C)CC5)cccc4c4[n]3[Sn]([Cl])([Cl])[n]3c(c5cccc(N6CCN(C)CC6)c5c3=NC3=NC(=N4)c4c3cccc4N3CCN(C)CC3)=N2)CC1. The Labute approximate surface area is 424 Å². The van der Waals surface area contributed by atoms with Crippen molar-refractivity contribution in [1.82, 2.24) is 25.2 Å². The van der Waals surface area contributed by atoms with Crippen LogP contribution in [0.4, 0.5) is 34.4 Å². The van der Waals surface area contributed by atoms with Gasteiger partial charge in [-0.05, 0) is 0 Å². The van der Waals surface area contributed by atoms with Crippen molar-refractivity contribution in [3.05, 3.63) is 106 Å². The van der Waals surface area contributed by atoms with Crippen LogP contribution >= 0.6 is 17.8 Å². The van der Waals surface area contributed by atoms with E-state index in [0.29, 0.717) is 46.0 Å². The summed E-state index contributed by atoms with van der Waals surface area (Å²) in [6, 6.07) is 26.1. The van der Waals surface area contributed by atoms with Gasteiger partial charge in [0.15, 0.2) is 0 Å². The first-order chi connectivity index (χ1) is 34.6. The van der Waals surface area contributed by atoms with Crippen LogP contribution in [0.3, 0.4) is 0 Å². The Morgan fingerprint density at radius 2 is 0.761 bits per heavy atom. The average molecular weight is 1090 g/mol. The van der Waals surface area contributed by atoms with Gasteiger partial charge in [-0.25, -0.2) is 0 Å². The summed E-state index contributed by atoms with van der Waals surface area (Å²) in [4.78, 5) is 53.6. The predicted octanol–water partition coefficient (Wildman–Crippen LogP) is 4.86. The van der Waals surface area contributed by atoms with E-state index in [9.17, 15) is 0 Å². The van der Waals surface area contributed by atoms with E-state index < -0.39 is 16.7 Å². The Hall–Kier alpha value is -5.34. The first-order valence-electron chi connectivity index (χ1n) is 25.1. The van der Waals surface area contributed by atoms with E-state index in [-0.39, 0.29) is 0 Å². The van der Waals surface area contributed by atoms with Crippen molar-refractivity contribution in [3.63, 3.8) is 0 Å². The van der Waals surface area contributed by atoms with Gasteiger partial charge in [0.2, 0.25) is 0 Å². The van der Waals surface area contributed by atoms with Gasteiger partial charge >= 0.3 is 427 Å². The molecule has 10 heterocycles. The molecule has 6 aromatic rings. The van der Waals surface area contributed by atoms with E-state index in [1.165, 1.54) is 0 Å². The zero-order valence-corrected chi connectivity index (χ0v) is 45.0. The molecule has 0 unspecified atom stereocenters. The first-order valence-corrected chi connectivity index (χ1v) is 34.9. The number of piperazine rings is 4. The summed E-state index contributed by atoms with van der Waals surface area (Å²) in [5, 5.41) is 3.73. The Bertz CT molecular complexity index is 3490. The molecular weight excluding hydrogens is 1040 g/mol. The Morgan fingerprint density at radius 3 is 1.30 bits per heavy atom. The van der Waals surface area contributed by atoms with Crippen LogP contribution in [-0.4, -0.2) is 198 Å². The topological polar surface area (TPSA) is 110 Å². The number of aliphatic imine (C=N–C) groups is 4. The second kappa shape index (κ2) is 16.9. The number of fused-ring (bicyclic) bond motifs is 14. The van der Waals surface area contributed by atoms with Gasteiger partial charge in [-0.2, -0.15) is 0 Å². The molecule has 8 aliphatic heterocycles. The van der Waals surface area contributed by atoms with Crippen molar-refractivity contribution in [1.29, 1.82) is 0 Å². The number of rotatable bonds is 4. The van der Waals surface area contributed by atoms with Crippen LogP contribution in [0.25, 0.3) is 21.5 Å². The Balaban J connectivity index is 1.15. The van der Waals surface area contributed by atoms with Crippen LogP contribution in [0.5, 0.6) is 0 Å². The van der Waals surface area contributed by atoms with Crippen molar-refractivity contribution in [2.24, 2.45) is 30.0 Å². The van der Waals surface area contributed by atoms with E-state index in [4.69, 9.17) is 47.8 Å². The van der Waals surface area contributed by atoms with Crippen molar-refractivity contribution >= 4 is 114 Å². The van der Waals surface area contributed by atoms with Crippen LogP contribution in [0.1, 0.15) is 22.3 Å². The maximum atomic E-state index is 8.63. The van der Waals surface area contributed by atoms with E-state index in [1.54, 1.807) is 0 Å². The molecule has 4 aromatic carbocycles. The van der Waals surface area contributed by atoms with Gasteiger partial charge < -0.3 is 0 Å². The fourth-order valence-electron chi connectivity index (χ4n) is 12.0. The molecule has 16 nitrogen and oxygen atoms in total. The molecule has 4 saturated heterocycles. The quantitative estimate of drug-likeness (QED) is 0.231. The number of anilines is 4. The molecule has 0 atom stereocenters. The zero-order valence-electron chi connectivity index (χ0n) is 40.7. The minimum absolute atomic E-state index is 0.585. The fourth-order valence-corrected chi connectivity index (χ4v) is 21.6. The molecule has 362 valence electrons. The molecule has 2 aromatic heterocycles. The van der Waals surface area contributed by atoms with Gasteiger partial charge in [-0.3, -0.25) is 0 Å². The standard InChI is InChI=1S/C52H56N16.2ClH.Sn/c1-61-17-25-65(26-18-61)37-13-5-9-33-41(37)49-53-45(33)58-50-43-35(11-7-15-39(43)67-29-21-63(3)22-30-67)47(55-50)60-52-44-36(12-8-16-40(44)68-31-23-64(4)24-32-68)48(56-52)59-51-42-34(46(54-51)57-49)10-6-14-38(42)66-27-19-62(2)20-28-66;;;/h5-16H,17-32H2,1-4H3;2*1H;/q-2;;;+4/p-2. The van der Waals surface area contributed by atoms with Crippen LogP contribution in [-0.2, 0) is 0 Å². The second-order valence-corrected chi connectivity index (χ2v) is 34.2. The molecule has 4 fully saturated rings.